The van der Waals surface area contributed by atoms with Crippen LogP contribution in [0.4, 0.5) is 0 Å². The van der Waals surface area contributed by atoms with E-state index in [-0.39, 0.29) is 11.9 Å². The first-order valence-corrected chi connectivity index (χ1v) is 6.80. The minimum atomic E-state index is -0.167. The maximum absolute atomic E-state index is 12.2. The number of amides is 1. The topological polar surface area (TPSA) is 75.6 Å². The molecule has 0 fully saturated rings. The summed E-state index contributed by atoms with van der Waals surface area (Å²) in [6.45, 7) is 10.7. The number of carbonyl (C=O) groups excluding carboxylic acids is 1. The number of nitrogens with zero attached hydrogens (tertiary/aromatic N) is 3. The summed E-state index contributed by atoms with van der Waals surface area (Å²) in [5, 5.41) is 7.46. The fourth-order valence-electron chi connectivity index (χ4n) is 2.57. The predicted octanol–water partition coefficient (Wildman–Crippen LogP) is 2.04. The van der Waals surface area contributed by atoms with Crippen molar-refractivity contribution in [3.05, 3.63) is 34.7 Å². The second-order valence-corrected chi connectivity index (χ2v) is 4.97. The first kappa shape index (κ1) is 14.3. The molecule has 0 unspecified atom stereocenters. The molecule has 0 spiro atoms. The van der Waals surface area contributed by atoms with Crippen molar-refractivity contribution in [3.8, 4) is 0 Å². The molecule has 0 radical (unpaired) electrons. The van der Waals surface area contributed by atoms with Crippen molar-refractivity contribution in [1.82, 2.24) is 25.1 Å². The van der Waals surface area contributed by atoms with Crippen molar-refractivity contribution in [1.29, 1.82) is 0 Å². The molecule has 1 atom stereocenters. The summed E-state index contributed by atoms with van der Waals surface area (Å²) in [5.74, 6) is -0.167. The zero-order valence-corrected chi connectivity index (χ0v) is 12.6. The SMILES string of the molecule is CCn1nc(C)c([C@H](C)NC(=O)c2nc[nH]c2C)c1C. The van der Waals surface area contributed by atoms with E-state index in [0.717, 1.165) is 29.2 Å². The van der Waals surface area contributed by atoms with E-state index in [0.29, 0.717) is 5.69 Å². The van der Waals surface area contributed by atoms with Crippen LogP contribution < -0.4 is 5.32 Å². The number of rotatable bonds is 4. The smallest absolute Gasteiger partial charge is 0.272 e. The third-order valence-corrected chi connectivity index (χ3v) is 3.56. The molecule has 6 nitrogen and oxygen atoms in total. The van der Waals surface area contributed by atoms with Gasteiger partial charge in [-0.15, -0.1) is 0 Å². The maximum atomic E-state index is 12.2. The Kier molecular flexibility index (Phi) is 3.92. The quantitative estimate of drug-likeness (QED) is 0.896. The van der Waals surface area contributed by atoms with Crippen LogP contribution in [-0.4, -0.2) is 25.7 Å². The molecule has 0 aliphatic heterocycles. The highest BCUT2D eigenvalue weighted by atomic mass is 16.2. The number of aryl methyl sites for hydroxylation is 3. The van der Waals surface area contributed by atoms with Gasteiger partial charge in [0, 0.05) is 23.5 Å². The van der Waals surface area contributed by atoms with E-state index in [9.17, 15) is 4.79 Å². The molecule has 0 saturated heterocycles. The average molecular weight is 275 g/mol. The summed E-state index contributed by atoms with van der Waals surface area (Å²) in [4.78, 5) is 19.1. The van der Waals surface area contributed by atoms with Gasteiger partial charge in [-0.25, -0.2) is 4.98 Å². The van der Waals surface area contributed by atoms with Crippen molar-refractivity contribution >= 4 is 5.91 Å². The lowest BCUT2D eigenvalue weighted by molar-refractivity contribution is 0.0934. The molecule has 2 rings (SSSR count). The fraction of sp³-hybridized carbons (Fsp3) is 0.500. The van der Waals surface area contributed by atoms with Crippen LogP contribution in [0.15, 0.2) is 6.33 Å². The van der Waals surface area contributed by atoms with Gasteiger partial charge in [0.05, 0.1) is 18.1 Å². The third-order valence-electron chi connectivity index (χ3n) is 3.56. The summed E-state index contributed by atoms with van der Waals surface area (Å²) < 4.78 is 1.95. The van der Waals surface area contributed by atoms with Crippen LogP contribution in [0, 0.1) is 20.8 Å². The van der Waals surface area contributed by atoms with E-state index in [1.165, 1.54) is 6.33 Å². The summed E-state index contributed by atoms with van der Waals surface area (Å²) in [7, 11) is 0. The Balaban J connectivity index is 2.21. The molecule has 0 aliphatic rings. The molecule has 2 heterocycles. The second kappa shape index (κ2) is 5.48. The van der Waals surface area contributed by atoms with Gasteiger partial charge in [-0.3, -0.25) is 9.48 Å². The Morgan fingerprint density at radius 1 is 1.45 bits per heavy atom. The van der Waals surface area contributed by atoms with Crippen LogP contribution in [0.25, 0.3) is 0 Å². The van der Waals surface area contributed by atoms with Gasteiger partial charge in [0.15, 0.2) is 0 Å². The number of nitrogens with one attached hydrogen (secondary N) is 2. The van der Waals surface area contributed by atoms with Gasteiger partial charge >= 0.3 is 0 Å². The van der Waals surface area contributed by atoms with Gasteiger partial charge in [-0.05, 0) is 34.6 Å². The van der Waals surface area contributed by atoms with Crippen LogP contribution in [0.2, 0.25) is 0 Å². The Morgan fingerprint density at radius 3 is 2.65 bits per heavy atom. The zero-order valence-electron chi connectivity index (χ0n) is 12.6. The van der Waals surface area contributed by atoms with E-state index in [2.05, 4.69) is 27.3 Å². The highest BCUT2D eigenvalue weighted by molar-refractivity contribution is 5.93. The normalized spacial score (nSPS) is 12.4. The van der Waals surface area contributed by atoms with E-state index in [4.69, 9.17) is 0 Å². The second-order valence-electron chi connectivity index (χ2n) is 4.97. The first-order chi connectivity index (χ1) is 9.45. The number of imidazole rings is 1. The molecule has 0 aliphatic carbocycles. The number of hydrogen-bond acceptors (Lipinski definition) is 3. The summed E-state index contributed by atoms with van der Waals surface area (Å²) in [6.07, 6.45) is 1.53. The molecule has 20 heavy (non-hydrogen) atoms. The van der Waals surface area contributed by atoms with Gasteiger partial charge in [0.1, 0.15) is 5.69 Å². The van der Waals surface area contributed by atoms with Crippen molar-refractivity contribution < 1.29 is 4.79 Å². The number of aromatic amines is 1. The Morgan fingerprint density at radius 2 is 2.15 bits per heavy atom. The van der Waals surface area contributed by atoms with Gasteiger partial charge < -0.3 is 10.3 Å². The van der Waals surface area contributed by atoms with Crippen LogP contribution in [0.1, 0.15) is 53.0 Å². The fourth-order valence-corrected chi connectivity index (χ4v) is 2.57. The molecule has 0 saturated carbocycles. The molecule has 108 valence electrons. The summed E-state index contributed by atoms with van der Waals surface area (Å²) in [6, 6.07) is -0.0982. The minimum absolute atomic E-state index is 0.0982. The molecular formula is C14H21N5O. The Hall–Kier alpha value is -2.11. The molecule has 0 aromatic carbocycles. The molecule has 1 amide bonds. The van der Waals surface area contributed by atoms with E-state index in [1.807, 2.05) is 32.4 Å². The lowest BCUT2D eigenvalue weighted by atomic mass is 10.1. The first-order valence-electron chi connectivity index (χ1n) is 6.80. The molecule has 2 N–H and O–H groups in total. The number of hydrogen-bond donors (Lipinski definition) is 2. The lowest BCUT2D eigenvalue weighted by Gasteiger charge is -2.14. The van der Waals surface area contributed by atoms with Crippen LogP contribution in [0.3, 0.4) is 0 Å². The highest BCUT2D eigenvalue weighted by Crippen LogP contribution is 2.21. The molecule has 2 aromatic rings. The largest absolute Gasteiger partial charge is 0.348 e. The number of aromatic nitrogens is 4. The average Bonchev–Trinajstić information content (AvgIpc) is 2.93. The molecule has 2 aromatic heterocycles. The molecule has 6 heteroatoms. The van der Waals surface area contributed by atoms with E-state index >= 15 is 0 Å². The predicted molar refractivity (Wildman–Crippen MR) is 76.6 cm³/mol. The van der Waals surface area contributed by atoms with Gasteiger partial charge in [0.25, 0.3) is 5.91 Å². The van der Waals surface area contributed by atoms with Crippen molar-refractivity contribution in [2.45, 2.75) is 47.2 Å². The van der Waals surface area contributed by atoms with Crippen LogP contribution in [-0.2, 0) is 6.54 Å². The standard InChI is InChI=1S/C14H21N5O/c1-6-19-11(5)12(9(3)18-19)8(2)17-14(20)13-10(4)15-7-16-13/h7-8H,6H2,1-5H3,(H,15,16)(H,17,20)/t8-/m0/s1. The summed E-state index contributed by atoms with van der Waals surface area (Å²) in [5.41, 5.74) is 4.34. The van der Waals surface area contributed by atoms with Crippen LogP contribution >= 0.6 is 0 Å². The van der Waals surface area contributed by atoms with E-state index in [1.54, 1.807) is 0 Å². The summed E-state index contributed by atoms with van der Waals surface area (Å²) >= 11 is 0. The Bertz CT molecular complexity index is 626. The number of carbonyl (C=O) groups is 1. The van der Waals surface area contributed by atoms with E-state index < -0.39 is 0 Å². The van der Waals surface area contributed by atoms with Gasteiger partial charge in [-0.1, -0.05) is 0 Å². The third kappa shape index (κ3) is 2.45. The number of H-pyrrole nitrogens is 1. The minimum Gasteiger partial charge on any atom is -0.348 e. The zero-order chi connectivity index (χ0) is 14.9. The monoisotopic (exact) mass is 275 g/mol. The van der Waals surface area contributed by atoms with Crippen molar-refractivity contribution in [3.63, 3.8) is 0 Å². The van der Waals surface area contributed by atoms with Gasteiger partial charge in [-0.2, -0.15) is 5.10 Å². The van der Waals surface area contributed by atoms with Gasteiger partial charge in [0.2, 0.25) is 0 Å². The van der Waals surface area contributed by atoms with Crippen molar-refractivity contribution in [2.24, 2.45) is 0 Å². The molecular weight excluding hydrogens is 254 g/mol. The maximum Gasteiger partial charge on any atom is 0.272 e. The van der Waals surface area contributed by atoms with Crippen molar-refractivity contribution in [2.75, 3.05) is 0 Å². The lowest BCUT2D eigenvalue weighted by Crippen LogP contribution is -2.28. The Labute approximate surface area is 118 Å². The molecule has 0 bridgehead atoms. The van der Waals surface area contributed by atoms with Crippen LogP contribution in [0.5, 0.6) is 0 Å². The highest BCUT2D eigenvalue weighted by Gasteiger charge is 2.20.